The zero-order chi connectivity index (χ0) is 20.7. The Morgan fingerprint density at radius 3 is 2.77 bits per heavy atom. The third-order valence-corrected chi connectivity index (χ3v) is 5.36. The van der Waals surface area contributed by atoms with Crippen molar-refractivity contribution >= 4 is 17.2 Å². The van der Waals surface area contributed by atoms with Crippen LogP contribution < -0.4 is 11.1 Å². The van der Waals surface area contributed by atoms with Crippen LogP contribution in [-0.4, -0.2) is 20.3 Å². The van der Waals surface area contributed by atoms with Crippen molar-refractivity contribution < 1.29 is 9.53 Å². The largest absolute Gasteiger partial charge is 0.370 e. The minimum atomic E-state index is -0.476. The van der Waals surface area contributed by atoms with Gasteiger partial charge in [-0.05, 0) is 30.2 Å². The number of nitrogens with zero attached hydrogens (tertiary/aromatic N) is 3. The van der Waals surface area contributed by atoms with Gasteiger partial charge in [0.1, 0.15) is 11.5 Å². The fourth-order valence-electron chi connectivity index (χ4n) is 3.91. The van der Waals surface area contributed by atoms with Crippen molar-refractivity contribution in [2.45, 2.75) is 26.7 Å². The lowest BCUT2D eigenvalue weighted by Gasteiger charge is -2.12. The van der Waals surface area contributed by atoms with Gasteiger partial charge >= 0.3 is 0 Å². The first-order valence-electron chi connectivity index (χ1n) is 9.78. The number of rotatable bonds is 5. The van der Waals surface area contributed by atoms with Crippen LogP contribution in [0, 0.1) is 6.92 Å². The van der Waals surface area contributed by atoms with Gasteiger partial charge in [-0.1, -0.05) is 36.4 Å². The lowest BCUT2D eigenvalue weighted by atomic mass is 10.1. The van der Waals surface area contributed by atoms with Crippen LogP contribution in [0.1, 0.15) is 32.9 Å². The molecule has 0 radical (unpaired) electrons. The van der Waals surface area contributed by atoms with Crippen molar-refractivity contribution in [3.05, 3.63) is 82.8 Å². The second-order valence-corrected chi connectivity index (χ2v) is 7.37. The van der Waals surface area contributed by atoms with Crippen molar-refractivity contribution in [3.63, 3.8) is 0 Å². The Balaban J connectivity index is 1.61. The smallest absolute Gasteiger partial charge is 0.265 e. The second-order valence-electron chi connectivity index (χ2n) is 7.37. The number of hydrogen-bond acceptors (Lipinski definition) is 5. The molecule has 0 bridgehead atoms. The summed E-state index contributed by atoms with van der Waals surface area (Å²) in [7, 11) is 0. The van der Waals surface area contributed by atoms with Gasteiger partial charge in [-0.3, -0.25) is 4.79 Å². The average molecular weight is 399 g/mol. The van der Waals surface area contributed by atoms with Crippen LogP contribution in [0.25, 0.3) is 16.9 Å². The van der Waals surface area contributed by atoms with Crippen LogP contribution in [0.4, 0.5) is 5.82 Å². The zero-order valence-electron chi connectivity index (χ0n) is 16.6. The number of amides is 1. The molecule has 0 atom stereocenters. The molecule has 30 heavy (non-hydrogen) atoms. The molecule has 5 rings (SSSR count). The minimum Gasteiger partial charge on any atom is -0.370 e. The first kappa shape index (κ1) is 18.3. The summed E-state index contributed by atoms with van der Waals surface area (Å²) in [6.07, 6.45) is 1.90. The fourth-order valence-corrected chi connectivity index (χ4v) is 3.91. The molecule has 4 heterocycles. The van der Waals surface area contributed by atoms with Crippen LogP contribution >= 0.6 is 0 Å². The Kier molecular flexibility index (Phi) is 4.44. The number of carbonyl (C=O) groups is 1. The molecule has 7 heteroatoms. The predicted octanol–water partition coefficient (Wildman–Crippen LogP) is 3.45. The molecule has 3 aromatic heterocycles. The SMILES string of the molecule is Cc1cn2c(C(N)=O)cccc2c1-c1nc2c(c(NCc3ccccc3)n1)COC2. The molecule has 0 spiro atoms. The number of benzene rings is 1. The number of aromatic nitrogens is 3. The first-order valence-corrected chi connectivity index (χ1v) is 9.78. The summed E-state index contributed by atoms with van der Waals surface area (Å²) in [5.41, 5.74) is 11.7. The lowest BCUT2D eigenvalue weighted by molar-refractivity contribution is 0.0994. The monoisotopic (exact) mass is 399 g/mol. The maximum Gasteiger partial charge on any atom is 0.265 e. The number of nitrogens with two attached hydrogens (primary N) is 1. The molecule has 1 aliphatic heterocycles. The molecule has 0 saturated heterocycles. The summed E-state index contributed by atoms with van der Waals surface area (Å²) in [5, 5.41) is 3.45. The Bertz CT molecular complexity index is 1260. The lowest BCUT2D eigenvalue weighted by Crippen LogP contribution is -2.14. The summed E-state index contributed by atoms with van der Waals surface area (Å²) < 4.78 is 7.44. The normalized spacial score (nSPS) is 12.8. The van der Waals surface area contributed by atoms with Gasteiger partial charge in [-0.15, -0.1) is 0 Å². The Hall–Kier alpha value is -3.71. The zero-order valence-corrected chi connectivity index (χ0v) is 16.6. The molecular weight excluding hydrogens is 378 g/mol. The summed E-state index contributed by atoms with van der Waals surface area (Å²) in [6.45, 7) is 3.60. The van der Waals surface area contributed by atoms with Crippen LogP contribution in [0.2, 0.25) is 0 Å². The summed E-state index contributed by atoms with van der Waals surface area (Å²) in [6, 6.07) is 15.7. The maximum atomic E-state index is 11.8. The summed E-state index contributed by atoms with van der Waals surface area (Å²) in [4.78, 5) is 21.5. The molecule has 4 aromatic rings. The molecule has 1 amide bonds. The van der Waals surface area contributed by atoms with E-state index in [4.69, 9.17) is 20.4 Å². The molecule has 7 nitrogen and oxygen atoms in total. The van der Waals surface area contributed by atoms with E-state index >= 15 is 0 Å². The highest BCUT2D eigenvalue weighted by Crippen LogP contribution is 2.33. The molecule has 0 unspecified atom stereocenters. The average Bonchev–Trinajstić information content (AvgIpc) is 3.35. The van der Waals surface area contributed by atoms with Crippen LogP contribution in [0.5, 0.6) is 0 Å². The van der Waals surface area contributed by atoms with Gasteiger partial charge in [-0.2, -0.15) is 0 Å². The van der Waals surface area contributed by atoms with E-state index in [9.17, 15) is 4.79 Å². The molecule has 1 aromatic carbocycles. The van der Waals surface area contributed by atoms with E-state index < -0.39 is 5.91 Å². The van der Waals surface area contributed by atoms with Crippen molar-refractivity contribution in [2.75, 3.05) is 5.32 Å². The quantitative estimate of drug-likeness (QED) is 0.536. The van der Waals surface area contributed by atoms with Gasteiger partial charge < -0.3 is 20.2 Å². The highest BCUT2D eigenvalue weighted by Gasteiger charge is 2.23. The third kappa shape index (κ3) is 3.09. The van der Waals surface area contributed by atoms with Gasteiger partial charge in [0.15, 0.2) is 5.82 Å². The maximum absolute atomic E-state index is 11.8. The molecule has 0 fully saturated rings. The Labute approximate surface area is 173 Å². The van der Waals surface area contributed by atoms with Crippen molar-refractivity contribution in [1.29, 1.82) is 0 Å². The van der Waals surface area contributed by atoms with Crippen molar-refractivity contribution in [1.82, 2.24) is 14.4 Å². The van der Waals surface area contributed by atoms with E-state index in [0.717, 1.165) is 33.7 Å². The van der Waals surface area contributed by atoms with Gasteiger partial charge in [0.25, 0.3) is 5.91 Å². The number of hydrogen-bond donors (Lipinski definition) is 2. The first-order chi connectivity index (χ1) is 14.6. The summed E-state index contributed by atoms with van der Waals surface area (Å²) in [5.74, 6) is 0.910. The van der Waals surface area contributed by atoms with Gasteiger partial charge in [0.2, 0.25) is 0 Å². The number of aryl methyl sites for hydroxylation is 1. The number of primary amides is 1. The van der Waals surface area contributed by atoms with Crippen LogP contribution in [0.3, 0.4) is 0 Å². The number of anilines is 1. The van der Waals surface area contributed by atoms with Gasteiger partial charge in [-0.25, -0.2) is 9.97 Å². The van der Waals surface area contributed by atoms with E-state index in [1.165, 1.54) is 5.56 Å². The fraction of sp³-hybridized carbons (Fsp3) is 0.174. The molecule has 1 aliphatic rings. The molecule has 150 valence electrons. The standard InChI is InChI=1S/C23H21N5O2/c1-14-11-28-18(8-5-9-19(28)21(24)29)20(14)23-26-17-13-30-12-16(17)22(27-23)25-10-15-6-3-2-4-7-15/h2-9,11H,10,12-13H2,1H3,(H2,24,29)(H,25,26,27). The van der Waals surface area contributed by atoms with Crippen LogP contribution in [-0.2, 0) is 24.5 Å². The number of carbonyl (C=O) groups excluding carboxylic acids is 1. The Morgan fingerprint density at radius 2 is 1.97 bits per heavy atom. The van der Waals surface area contributed by atoms with Crippen molar-refractivity contribution in [2.24, 2.45) is 5.73 Å². The van der Waals surface area contributed by atoms with E-state index in [1.807, 2.05) is 43.5 Å². The number of fused-ring (bicyclic) bond motifs is 2. The highest BCUT2D eigenvalue weighted by molar-refractivity contribution is 5.93. The van der Waals surface area contributed by atoms with E-state index in [1.54, 1.807) is 10.5 Å². The molecule has 0 aliphatic carbocycles. The topological polar surface area (TPSA) is 94.5 Å². The number of nitrogens with one attached hydrogen (secondary N) is 1. The summed E-state index contributed by atoms with van der Waals surface area (Å²) >= 11 is 0. The van der Waals surface area contributed by atoms with E-state index in [0.29, 0.717) is 31.3 Å². The van der Waals surface area contributed by atoms with Crippen molar-refractivity contribution in [3.8, 4) is 11.4 Å². The highest BCUT2D eigenvalue weighted by atomic mass is 16.5. The minimum absolute atomic E-state index is 0.425. The molecular formula is C23H21N5O2. The predicted molar refractivity (Wildman–Crippen MR) is 114 cm³/mol. The second kappa shape index (κ2) is 7.27. The van der Waals surface area contributed by atoms with Crippen LogP contribution in [0.15, 0.2) is 54.7 Å². The number of pyridine rings is 1. The van der Waals surface area contributed by atoms with Gasteiger partial charge in [0, 0.05) is 23.9 Å². The Morgan fingerprint density at radius 1 is 1.13 bits per heavy atom. The molecule has 3 N–H and O–H groups in total. The molecule has 0 saturated carbocycles. The third-order valence-electron chi connectivity index (χ3n) is 5.36. The van der Waals surface area contributed by atoms with E-state index in [2.05, 4.69) is 17.4 Å². The van der Waals surface area contributed by atoms with E-state index in [-0.39, 0.29) is 0 Å². The van der Waals surface area contributed by atoms with Gasteiger partial charge in [0.05, 0.1) is 24.4 Å². The number of ether oxygens (including phenoxy) is 1.